The summed E-state index contributed by atoms with van der Waals surface area (Å²) >= 11 is 1.78. The third-order valence-electron chi connectivity index (χ3n) is 2.87. The van der Waals surface area contributed by atoms with Crippen molar-refractivity contribution in [1.82, 2.24) is 25.5 Å². The highest BCUT2D eigenvalue weighted by Crippen LogP contribution is 2.27. The van der Waals surface area contributed by atoms with Crippen LogP contribution in [0.1, 0.15) is 26.2 Å². The van der Waals surface area contributed by atoms with Gasteiger partial charge in [0.15, 0.2) is 0 Å². The number of hydrogen-bond acceptors (Lipinski definition) is 6. The van der Waals surface area contributed by atoms with Gasteiger partial charge in [0.2, 0.25) is 5.16 Å². The van der Waals surface area contributed by atoms with Gasteiger partial charge in [-0.25, -0.2) is 4.68 Å². The monoisotopic (exact) mass is 271 g/mol. The zero-order valence-electron chi connectivity index (χ0n) is 10.8. The van der Waals surface area contributed by atoms with Crippen LogP contribution in [-0.4, -0.2) is 51.8 Å². The lowest BCUT2D eigenvalue weighted by atomic mass is 10.2. The van der Waals surface area contributed by atoms with Crippen LogP contribution in [0.5, 0.6) is 0 Å². The van der Waals surface area contributed by atoms with Crippen molar-refractivity contribution in [3.63, 3.8) is 0 Å². The maximum absolute atomic E-state index is 5.36. The van der Waals surface area contributed by atoms with Crippen molar-refractivity contribution in [2.45, 2.75) is 43.1 Å². The first-order valence-corrected chi connectivity index (χ1v) is 7.49. The van der Waals surface area contributed by atoms with Gasteiger partial charge in [-0.2, -0.15) is 0 Å². The quantitative estimate of drug-likeness (QED) is 0.745. The van der Waals surface area contributed by atoms with Gasteiger partial charge >= 0.3 is 0 Å². The number of hydrogen-bond donors (Lipinski definition) is 1. The smallest absolute Gasteiger partial charge is 0.209 e. The zero-order chi connectivity index (χ0) is 12.6. The Balaban J connectivity index is 1.79. The first-order valence-electron chi connectivity index (χ1n) is 6.61. The van der Waals surface area contributed by atoms with Gasteiger partial charge in [-0.3, -0.25) is 0 Å². The maximum Gasteiger partial charge on any atom is 0.209 e. The zero-order valence-corrected chi connectivity index (χ0v) is 11.7. The van der Waals surface area contributed by atoms with Crippen LogP contribution in [0.2, 0.25) is 0 Å². The molecule has 1 saturated heterocycles. The lowest BCUT2D eigenvalue weighted by Crippen LogP contribution is -2.22. The molecule has 0 saturated carbocycles. The van der Waals surface area contributed by atoms with Crippen LogP contribution in [0.4, 0.5) is 0 Å². The SMILES string of the molecule is CCCNCCn1nnnc1SC1CCOCC1. The fourth-order valence-corrected chi connectivity index (χ4v) is 2.91. The molecule has 1 aromatic rings. The Kier molecular flexibility index (Phi) is 5.89. The number of tetrazole rings is 1. The van der Waals surface area contributed by atoms with Crippen LogP contribution in [0.15, 0.2) is 5.16 Å². The molecule has 1 aliphatic rings. The second-order valence-corrected chi connectivity index (χ2v) is 5.63. The van der Waals surface area contributed by atoms with Crippen LogP contribution in [0.3, 0.4) is 0 Å². The molecule has 1 fully saturated rings. The molecule has 0 atom stereocenters. The summed E-state index contributed by atoms with van der Waals surface area (Å²) in [7, 11) is 0. The fourth-order valence-electron chi connectivity index (χ4n) is 1.85. The molecule has 102 valence electrons. The summed E-state index contributed by atoms with van der Waals surface area (Å²) in [5.74, 6) is 0. The predicted molar refractivity (Wildman–Crippen MR) is 70.7 cm³/mol. The number of ether oxygens (including phenoxy) is 1. The molecule has 0 radical (unpaired) electrons. The molecular formula is C11H21N5OS. The van der Waals surface area contributed by atoms with E-state index >= 15 is 0 Å². The molecule has 7 heteroatoms. The van der Waals surface area contributed by atoms with E-state index in [1.807, 2.05) is 4.68 Å². The molecule has 0 amide bonds. The lowest BCUT2D eigenvalue weighted by molar-refractivity contribution is 0.0999. The summed E-state index contributed by atoms with van der Waals surface area (Å²) in [5.41, 5.74) is 0. The summed E-state index contributed by atoms with van der Waals surface area (Å²) in [6.07, 6.45) is 3.33. The summed E-state index contributed by atoms with van der Waals surface area (Å²) in [6, 6.07) is 0. The molecule has 0 aromatic carbocycles. The Bertz CT molecular complexity index is 340. The summed E-state index contributed by atoms with van der Waals surface area (Å²) in [5, 5.41) is 16.8. The van der Waals surface area contributed by atoms with E-state index in [2.05, 4.69) is 27.8 Å². The molecule has 6 nitrogen and oxygen atoms in total. The minimum absolute atomic E-state index is 0.590. The first kappa shape index (κ1) is 13.8. The highest BCUT2D eigenvalue weighted by molar-refractivity contribution is 7.99. The van der Waals surface area contributed by atoms with E-state index in [9.17, 15) is 0 Å². The summed E-state index contributed by atoms with van der Waals surface area (Å²) in [6.45, 7) is 6.67. The minimum Gasteiger partial charge on any atom is -0.381 e. The molecule has 1 aliphatic heterocycles. The van der Waals surface area contributed by atoms with Gasteiger partial charge in [-0.15, -0.1) is 5.10 Å². The number of nitrogens with zero attached hydrogens (tertiary/aromatic N) is 4. The van der Waals surface area contributed by atoms with Gasteiger partial charge in [0.25, 0.3) is 0 Å². The lowest BCUT2D eigenvalue weighted by Gasteiger charge is -2.20. The van der Waals surface area contributed by atoms with Gasteiger partial charge < -0.3 is 10.1 Å². The Morgan fingerprint density at radius 3 is 3.00 bits per heavy atom. The molecular weight excluding hydrogens is 250 g/mol. The highest BCUT2D eigenvalue weighted by Gasteiger charge is 2.18. The van der Waals surface area contributed by atoms with E-state index in [-0.39, 0.29) is 0 Å². The molecule has 1 N–H and O–H groups in total. The molecule has 2 heterocycles. The Labute approximate surface area is 112 Å². The van der Waals surface area contributed by atoms with Gasteiger partial charge in [-0.05, 0) is 36.2 Å². The maximum atomic E-state index is 5.36. The van der Waals surface area contributed by atoms with Gasteiger partial charge in [0.1, 0.15) is 0 Å². The van der Waals surface area contributed by atoms with Crippen molar-refractivity contribution in [2.75, 3.05) is 26.3 Å². The number of rotatable bonds is 7. The first-order chi connectivity index (χ1) is 8.90. The fraction of sp³-hybridized carbons (Fsp3) is 0.909. The molecule has 2 rings (SSSR count). The molecule has 0 aliphatic carbocycles. The van der Waals surface area contributed by atoms with Crippen LogP contribution in [0, 0.1) is 0 Å². The highest BCUT2D eigenvalue weighted by atomic mass is 32.2. The second-order valence-electron chi connectivity index (χ2n) is 4.36. The standard InChI is InChI=1S/C11H21N5OS/c1-2-5-12-6-7-16-11(13-14-15-16)18-10-3-8-17-9-4-10/h10,12H,2-9H2,1H3. The van der Waals surface area contributed by atoms with E-state index in [4.69, 9.17) is 4.74 Å². The Morgan fingerprint density at radius 2 is 2.22 bits per heavy atom. The number of nitrogens with one attached hydrogen (secondary N) is 1. The summed E-state index contributed by atoms with van der Waals surface area (Å²) in [4.78, 5) is 0. The molecule has 0 bridgehead atoms. The second kappa shape index (κ2) is 7.70. The van der Waals surface area contributed by atoms with E-state index < -0.39 is 0 Å². The van der Waals surface area contributed by atoms with Crippen LogP contribution in [-0.2, 0) is 11.3 Å². The van der Waals surface area contributed by atoms with Crippen LogP contribution in [0.25, 0.3) is 0 Å². The van der Waals surface area contributed by atoms with E-state index in [1.165, 1.54) is 0 Å². The van der Waals surface area contributed by atoms with E-state index in [0.29, 0.717) is 5.25 Å². The van der Waals surface area contributed by atoms with Crippen molar-refractivity contribution in [3.8, 4) is 0 Å². The predicted octanol–water partition coefficient (Wildman–Crippen LogP) is 0.944. The minimum atomic E-state index is 0.590. The topological polar surface area (TPSA) is 64.9 Å². The van der Waals surface area contributed by atoms with E-state index in [1.54, 1.807) is 11.8 Å². The number of thioether (sulfide) groups is 1. The summed E-state index contributed by atoms with van der Waals surface area (Å²) < 4.78 is 7.25. The molecule has 0 unspecified atom stereocenters. The Morgan fingerprint density at radius 1 is 1.39 bits per heavy atom. The van der Waals surface area contributed by atoms with Crippen molar-refractivity contribution in [3.05, 3.63) is 0 Å². The van der Waals surface area contributed by atoms with Gasteiger partial charge in [0, 0.05) is 25.0 Å². The number of aromatic nitrogens is 4. The molecule has 18 heavy (non-hydrogen) atoms. The molecule has 1 aromatic heterocycles. The Hall–Kier alpha value is -0.660. The van der Waals surface area contributed by atoms with Gasteiger partial charge in [-0.1, -0.05) is 18.7 Å². The normalized spacial score (nSPS) is 17.2. The van der Waals surface area contributed by atoms with Crippen molar-refractivity contribution >= 4 is 11.8 Å². The van der Waals surface area contributed by atoms with Gasteiger partial charge in [0.05, 0.1) is 6.54 Å². The van der Waals surface area contributed by atoms with Crippen molar-refractivity contribution < 1.29 is 4.74 Å². The molecule has 0 spiro atoms. The third kappa shape index (κ3) is 4.22. The van der Waals surface area contributed by atoms with Crippen molar-refractivity contribution in [1.29, 1.82) is 0 Å². The van der Waals surface area contributed by atoms with E-state index in [0.717, 1.165) is 57.3 Å². The largest absolute Gasteiger partial charge is 0.381 e. The van der Waals surface area contributed by atoms with Crippen LogP contribution < -0.4 is 5.32 Å². The average Bonchev–Trinajstić information content (AvgIpc) is 2.83. The van der Waals surface area contributed by atoms with Crippen LogP contribution >= 0.6 is 11.8 Å². The third-order valence-corrected chi connectivity index (χ3v) is 4.17. The average molecular weight is 271 g/mol. The van der Waals surface area contributed by atoms with Crippen molar-refractivity contribution in [2.24, 2.45) is 0 Å².